The first-order chi connectivity index (χ1) is 13.2. The number of carbonyl (C=O) groups excluding carboxylic acids is 1. The molecule has 0 fully saturated rings. The molecule has 2 N–H and O–H groups in total. The fraction of sp³-hybridized carbons (Fsp3) is 0.261. The van der Waals surface area contributed by atoms with Crippen LogP contribution in [-0.4, -0.2) is 35.4 Å². The molecule has 4 rings (SSSR count). The van der Waals surface area contributed by atoms with Crippen LogP contribution in [0.4, 0.5) is 5.69 Å². The van der Waals surface area contributed by atoms with Crippen LogP contribution >= 0.6 is 0 Å². The van der Waals surface area contributed by atoms with Crippen LogP contribution < -0.4 is 5.32 Å². The molecule has 1 aliphatic heterocycles. The largest absolute Gasteiger partial charge is 0.361 e. The summed E-state index contributed by atoms with van der Waals surface area (Å²) in [4.78, 5) is 18.3. The quantitative estimate of drug-likeness (QED) is 0.679. The molecule has 0 atom stereocenters. The van der Waals surface area contributed by atoms with Crippen molar-refractivity contribution in [1.82, 2.24) is 9.88 Å². The van der Waals surface area contributed by atoms with Gasteiger partial charge in [0.15, 0.2) is 0 Å². The maximum Gasteiger partial charge on any atom is 0.255 e. The number of aromatic nitrogens is 1. The first kappa shape index (κ1) is 17.6. The predicted molar refractivity (Wildman–Crippen MR) is 112 cm³/mol. The smallest absolute Gasteiger partial charge is 0.255 e. The van der Waals surface area contributed by atoms with E-state index in [9.17, 15) is 4.79 Å². The monoisotopic (exact) mass is 359 g/mol. The highest BCUT2D eigenvalue weighted by atomic mass is 16.1. The minimum Gasteiger partial charge on any atom is -0.361 e. The summed E-state index contributed by atoms with van der Waals surface area (Å²) in [7, 11) is 0. The molecule has 27 heavy (non-hydrogen) atoms. The number of H-pyrrole nitrogens is 1. The lowest BCUT2D eigenvalue weighted by atomic mass is 9.98. The third-order valence-corrected chi connectivity index (χ3v) is 5.15. The average Bonchev–Trinajstić information content (AvgIpc) is 3.13. The highest BCUT2D eigenvalue weighted by Crippen LogP contribution is 2.31. The Hall–Kier alpha value is -2.85. The zero-order valence-corrected chi connectivity index (χ0v) is 15.7. The molecule has 0 saturated heterocycles. The maximum atomic E-state index is 12.4. The molecule has 2 aromatic carbocycles. The Kier molecular flexibility index (Phi) is 5.07. The molecular formula is C23H25N3O. The van der Waals surface area contributed by atoms with Crippen molar-refractivity contribution in [2.24, 2.45) is 0 Å². The molecule has 1 aliphatic rings. The Morgan fingerprint density at radius 1 is 1.19 bits per heavy atom. The van der Waals surface area contributed by atoms with E-state index in [4.69, 9.17) is 0 Å². The van der Waals surface area contributed by atoms with Gasteiger partial charge in [-0.05, 0) is 55.3 Å². The summed E-state index contributed by atoms with van der Waals surface area (Å²) >= 11 is 0. The van der Waals surface area contributed by atoms with Crippen LogP contribution in [0, 0.1) is 0 Å². The number of hydrogen-bond acceptors (Lipinski definition) is 2. The minimum absolute atomic E-state index is 0.0841. The van der Waals surface area contributed by atoms with Crippen LogP contribution in [-0.2, 0) is 0 Å². The summed E-state index contributed by atoms with van der Waals surface area (Å²) in [5.41, 5.74) is 5.22. The van der Waals surface area contributed by atoms with Crippen molar-refractivity contribution in [3.8, 4) is 0 Å². The SMILES string of the molecule is CCCN1CC=C(c2c[nH]c3ccc(NC(=O)c4ccccc4)cc23)CC1. The predicted octanol–water partition coefficient (Wildman–Crippen LogP) is 4.92. The average molecular weight is 359 g/mol. The van der Waals surface area contributed by atoms with Crippen molar-refractivity contribution in [1.29, 1.82) is 0 Å². The molecule has 1 amide bonds. The molecule has 1 aromatic heterocycles. The van der Waals surface area contributed by atoms with Crippen LogP contribution in [0.3, 0.4) is 0 Å². The van der Waals surface area contributed by atoms with E-state index < -0.39 is 0 Å². The van der Waals surface area contributed by atoms with Crippen LogP contribution in [0.15, 0.2) is 60.8 Å². The minimum atomic E-state index is -0.0841. The van der Waals surface area contributed by atoms with Gasteiger partial charge in [0.2, 0.25) is 0 Å². The van der Waals surface area contributed by atoms with E-state index in [1.165, 1.54) is 17.6 Å². The summed E-state index contributed by atoms with van der Waals surface area (Å²) in [5, 5.41) is 4.18. The van der Waals surface area contributed by atoms with E-state index in [2.05, 4.69) is 40.5 Å². The zero-order chi connectivity index (χ0) is 18.6. The third-order valence-electron chi connectivity index (χ3n) is 5.15. The van der Waals surface area contributed by atoms with Gasteiger partial charge in [0.25, 0.3) is 5.91 Å². The van der Waals surface area contributed by atoms with Crippen LogP contribution in [0.2, 0.25) is 0 Å². The normalized spacial score (nSPS) is 14.9. The van der Waals surface area contributed by atoms with Crippen molar-refractivity contribution in [3.63, 3.8) is 0 Å². The van der Waals surface area contributed by atoms with E-state index in [1.54, 1.807) is 0 Å². The van der Waals surface area contributed by atoms with Crippen molar-refractivity contribution >= 4 is 28.1 Å². The van der Waals surface area contributed by atoms with Crippen molar-refractivity contribution in [2.75, 3.05) is 25.0 Å². The standard InChI is InChI=1S/C23H25N3O/c1-2-12-26-13-10-17(11-14-26)21-16-24-22-9-8-19(15-20(21)22)25-23(27)18-6-4-3-5-7-18/h3-10,15-16,24H,2,11-14H2,1H3,(H,25,27). The molecule has 4 heteroatoms. The van der Waals surface area contributed by atoms with Gasteiger partial charge in [-0.25, -0.2) is 0 Å². The van der Waals surface area contributed by atoms with Crippen molar-refractivity contribution < 1.29 is 4.79 Å². The van der Waals surface area contributed by atoms with E-state index in [0.29, 0.717) is 5.56 Å². The number of carbonyl (C=O) groups is 1. The summed E-state index contributed by atoms with van der Waals surface area (Å²) in [6.07, 6.45) is 6.69. The number of nitrogens with zero attached hydrogens (tertiary/aromatic N) is 1. The van der Waals surface area contributed by atoms with Crippen LogP contribution in [0.25, 0.3) is 16.5 Å². The number of benzene rings is 2. The number of amides is 1. The summed E-state index contributed by atoms with van der Waals surface area (Å²) in [6.45, 7) is 5.51. The van der Waals surface area contributed by atoms with Gasteiger partial charge in [0, 0.05) is 47.0 Å². The molecule has 0 saturated carbocycles. The molecule has 0 unspecified atom stereocenters. The molecule has 0 radical (unpaired) electrons. The number of fused-ring (bicyclic) bond motifs is 1. The first-order valence-corrected chi connectivity index (χ1v) is 9.64. The number of nitrogens with one attached hydrogen (secondary N) is 2. The Labute approximate surface area is 159 Å². The molecule has 3 aromatic rings. The second-order valence-corrected chi connectivity index (χ2v) is 7.06. The van der Waals surface area contributed by atoms with Gasteiger partial charge in [0.1, 0.15) is 0 Å². The van der Waals surface area contributed by atoms with Gasteiger partial charge in [-0.15, -0.1) is 0 Å². The molecule has 0 bridgehead atoms. The molecule has 0 spiro atoms. The van der Waals surface area contributed by atoms with Crippen LogP contribution in [0.5, 0.6) is 0 Å². The van der Waals surface area contributed by atoms with E-state index in [1.807, 2.05) is 42.5 Å². The lowest BCUT2D eigenvalue weighted by Gasteiger charge is -2.25. The molecule has 4 nitrogen and oxygen atoms in total. The second-order valence-electron chi connectivity index (χ2n) is 7.06. The topological polar surface area (TPSA) is 48.1 Å². The maximum absolute atomic E-state index is 12.4. The van der Waals surface area contributed by atoms with Gasteiger partial charge in [-0.2, -0.15) is 0 Å². The molecule has 138 valence electrons. The number of rotatable bonds is 5. The first-order valence-electron chi connectivity index (χ1n) is 9.64. The Balaban J connectivity index is 1.58. The summed E-state index contributed by atoms with van der Waals surface area (Å²) in [6, 6.07) is 15.4. The fourth-order valence-electron chi connectivity index (χ4n) is 3.73. The second kappa shape index (κ2) is 7.80. The summed E-state index contributed by atoms with van der Waals surface area (Å²) < 4.78 is 0. The lowest BCUT2D eigenvalue weighted by Crippen LogP contribution is -2.29. The third kappa shape index (κ3) is 3.81. The van der Waals surface area contributed by atoms with E-state index in [0.717, 1.165) is 42.6 Å². The number of anilines is 1. The van der Waals surface area contributed by atoms with Gasteiger partial charge >= 0.3 is 0 Å². The fourth-order valence-corrected chi connectivity index (χ4v) is 3.73. The van der Waals surface area contributed by atoms with Crippen LogP contribution in [0.1, 0.15) is 35.7 Å². The van der Waals surface area contributed by atoms with Gasteiger partial charge < -0.3 is 10.3 Å². The highest BCUT2D eigenvalue weighted by Gasteiger charge is 2.15. The molecule has 0 aliphatic carbocycles. The number of aromatic amines is 1. The van der Waals surface area contributed by atoms with E-state index >= 15 is 0 Å². The van der Waals surface area contributed by atoms with Gasteiger partial charge in [-0.3, -0.25) is 9.69 Å². The molecule has 2 heterocycles. The van der Waals surface area contributed by atoms with E-state index in [-0.39, 0.29) is 5.91 Å². The van der Waals surface area contributed by atoms with Crippen molar-refractivity contribution in [3.05, 3.63) is 71.9 Å². The Morgan fingerprint density at radius 3 is 2.78 bits per heavy atom. The molecular weight excluding hydrogens is 334 g/mol. The van der Waals surface area contributed by atoms with Crippen molar-refractivity contribution in [2.45, 2.75) is 19.8 Å². The van der Waals surface area contributed by atoms with Gasteiger partial charge in [-0.1, -0.05) is 31.2 Å². The number of hydrogen-bond donors (Lipinski definition) is 2. The highest BCUT2D eigenvalue weighted by molar-refractivity contribution is 6.05. The Morgan fingerprint density at radius 2 is 2.04 bits per heavy atom. The summed E-state index contributed by atoms with van der Waals surface area (Å²) in [5.74, 6) is -0.0841. The lowest BCUT2D eigenvalue weighted by molar-refractivity contribution is 0.102. The Bertz CT molecular complexity index is 972. The zero-order valence-electron chi connectivity index (χ0n) is 15.7. The van der Waals surface area contributed by atoms with Gasteiger partial charge in [0.05, 0.1) is 0 Å².